The Morgan fingerprint density at radius 3 is 1.98 bits per heavy atom. The quantitative estimate of drug-likeness (QED) is 0.261. The highest BCUT2D eigenvalue weighted by Gasteiger charge is 2.49. The standard InChI is InChI=1S/C32H33N3O9/c1-31(2)14-21-29(23(36)16-31)28(30-22(33(21)12-11-27(38)39)15-32(3,4)17-24(30)37)19-7-5-6-8-25(19)44-26-10-9-18(34(40)41)13-20(26)35(42)43/h5-10,13,28H,11-12,14-17H2,1-4H3,(H,38,39). The van der Waals surface area contributed by atoms with Crippen LogP contribution in [0.15, 0.2) is 65.0 Å². The summed E-state index contributed by atoms with van der Waals surface area (Å²) in [5, 5.41) is 32.7. The Morgan fingerprint density at radius 1 is 0.886 bits per heavy atom. The van der Waals surface area contributed by atoms with Crippen LogP contribution in [0, 0.1) is 31.1 Å². The minimum absolute atomic E-state index is 0.0968. The van der Waals surface area contributed by atoms with Crippen LogP contribution in [0.4, 0.5) is 11.4 Å². The molecule has 0 aromatic heterocycles. The zero-order valence-corrected chi connectivity index (χ0v) is 24.9. The van der Waals surface area contributed by atoms with Gasteiger partial charge in [-0.1, -0.05) is 45.9 Å². The summed E-state index contributed by atoms with van der Waals surface area (Å²) < 4.78 is 6.08. The maximum absolute atomic E-state index is 14.0. The van der Waals surface area contributed by atoms with Crippen molar-refractivity contribution in [2.24, 2.45) is 10.8 Å². The smallest absolute Gasteiger partial charge is 0.318 e. The summed E-state index contributed by atoms with van der Waals surface area (Å²) in [5.41, 5.74) is 0.693. The van der Waals surface area contributed by atoms with E-state index in [2.05, 4.69) is 0 Å². The van der Waals surface area contributed by atoms with Crippen molar-refractivity contribution in [1.29, 1.82) is 0 Å². The highest BCUT2D eigenvalue weighted by atomic mass is 16.6. The molecule has 12 heteroatoms. The Bertz CT molecular complexity index is 1630. The number of nitro benzene ring substituents is 2. The summed E-state index contributed by atoms with van der Waals surface area (Å²) in [7, 11) is 0. The highest BCUT2D eigenvalue weighted by Crippen LogP contribution is 2.55. The van der Waals surface area contributed by atoms with Crippen LogP contribution in [0.25, 0.3) is 0 Å². The summed E-state index contributed by atoms with van der Waals surface area (Å²) in [6.07, 6.45) is 1.20. The summed E-state index contributed by atoms with van der Waals surface area (Å²) in [6.45, 7) is 8.00. The average Bonchev–Trinajstić information content (AvgIpc) is 2.90. The van der Waals surface area contributed by atoms with Crippen molar-refractivity contribution in [3.05, 3.63) is 90.8 Å². The molecule has 0 bridgehead atoms. The number of hydrogen-bond donors (Lipinski definition) is 1. The lowest BCUT2D eigenvalue weighted by atomic mass is 9.63. The van der Waals surface area contributed by atoms with E-state index in [1.165, 1.54) is 0 Å². The van der Waals surface area contributed by atoms with Gasteiger partial charge in [-0.15, -0.1) is 0 Å². The van der Waals surface area contributed by atoms with E-state index in [0.717, 1.165) is 18.2 Å². The predicted octanol–water partition coefficient (Wildman–Crippen LogP) is 6.46. The lowest BCUT2D eigenvalue weighted by Crippen LogP contribution is -2.45. The fraction of sp³-hybridized carbons (Fsp3) is 0.406. The van der Waals surface area contributed by atoms with Crippen LogP contribution in [0.3, 0.4) is 0 Å². The van der Waals surface area contributed by atoms with Crippen LogP contribution >= 0.6 is 0 Å². The van der Waals surface area contributed by atoms with Crippen molar-refractivity contribution in [2.75, 3.05) is 6.54 Å². The number of ether oxygens (including phenoxy) is 1. The first-order valence-electron chi connectivity index (χ1n) is 14.3. The van der Waals surface area contributed by atoms with Gasteiger partial charge in [0.25, 0.3) is 5.69 Å². The minimum atomic E-state index is -0.998. The van der Waals surface area contributed by atoms with Crippen LogP contribution in [-0.4, -0.2) is 43.9 Å². The number of carboxylic acid groups (broad SMARTS) is 1. The van der Waals surface area contributed by atoms with Crippen molar-refractivity contribution in [1.82, 2.24) is 4.90 Å². The van der Waals surface area contributed by atoms with E-state index in [0.29, 0.717) is 40.9 Å². The summed E-state index contributed by atoms with van der Waals surface area (Å²) in [5.74, 6) is -2.25. The lowest BCUT2D eigenvalue weighted by molar-refractivity contribution is -0.394. The second-order valence-electron chi connectivity index (χ2n) is 13.1. The van der Waals surface area contributed by atoms with Crippen molar-refractivity contribution in [2.45, 2.75) is 65.7 Å². The molecule has 0 spiro atoms. The van der Waals surface area contributed by atoms with E-state index in [1.54, 1.807) is 24.3 Å². The Kier molecular flexibility index (Phi) is 7.65. The van der Waals surface area contributed by atoms with Gasteiger partial charge in [-0.05, 0) is 35.8 Å². The SMILES string of the molecule is CC1(C)CC(=O)C2=C(C1)N(CCC(=O)O)C1=C(C(=O)CC(C)(C)C1)C2c1ccccc1Oc1ccc([N+](=O)[O-])cc1[N+](=O)[O-]. The largest absolute Gasteiger partial charge is 0.481 e. The fourth-order valence-corrected chi connectivity index (χ4v) is 6.61. The molecule has 12 nitrogen and oxygen atoms in total. The number of ketones is 2. The summed E-state index contributed by atoms with van der Waals surface area (Å²) >= 11 is 0. The van der Waals surface area contributed by atoms with E-state index >= 15 is 0 Å². The second kappa shape index (κ2) is 11.0. The molecule has 44 heavy (non-hydrogen) atoms. The molecule has 3 aliphatic rings. The first-order valence-corrected chi connectivity index (χ1v) is 14.3. The van der Waals surface area contributed by atoms with Gasteiger partial charge in [-0.3, -0.25) is 34.6 Å². The summed E-state index contributed by atoms with van der Waals surface area (Å²) in [4.78, 5) is 63.2. The number of allylic oxidation sites excluding steroid dienone is 4. The molecule has 0 radical (unpaired) electrons. The van der Waals surface area contributed by atoms with Crippen LogP contribution in [-0.2, 0) is 14.4 Å². The van der Waals surface area contributed by atoms with Gasteiger partial charge < -0.3 is 14.7 Å². The molecule has 0 amide bonds. The zero-order valence-electron chi connectivity index (χ0n) is 24.9. The molecule has 1 N–H and O–H groups in total. The zero-order chi connectivity index (χ0) is 32.1. The average molecular weight is 604 g/mol. The number of benzene rings is 2. The number of carbonyl (C=O) groups is 3. The van der Waals surface area contributed by atoms with E-state index in [-0.39, 0.29) is 48.9 Å². The van der Waals surface area contributed by atoms with E-state index in [1.807, 2.05) is 32.6 Å². The van der Waals surface area contributed by atoms with Gasteiger partial charge in [-0.2, -0.15) is 0 Å². The van der Waals surface area contributed by atoms with E-state index in [9.17, 15) is 39.7 Å². The molecule has 5 rings (SSSR count). The first kappa shape index (κ1) is 30.6. The van der Waals surface area contributed by atoms with Crippen LogP contribution in [0.2, 0.25) is 0 Å². The molecule has 0 atom stereocenters. The number of carbonyl (C=O) groups excluding carboxylic acids is 2. The van der Waals surface area contributed by atoms with E-state index < -0.39 is 43.9 Å². The number of hydrogen-bond acceptors (Lipinski definition) is 9. The maximum Gasteiger partial charge on any atom is 0.318 e. The molecular formula is C32H33N3O9. The van der Waals surface area contributed by atoms with Gasteiger partial charge >= 0.3 is 11.7 Å². The number of non-ortho nitro benzene ring substituents is 1. The van der Waals surface area contributed by atoms with Gasteiger partial charge in [-0.25, -0.2) is 0 Å². The second-order valence-corrected chi connectivity index (χ2v) is 13.1. The third-order valence-corrected chi connectivity index (χ3v) is 8.37. The third-order valence-electron chi connectivity index (χ3n) is 8.37. The number of nitrogens with zero attached hydrogens (tertiary/aromatic N) is 3. The van der Waals surface area contributed by atoms with Gasteiger partial charge in [0.2, 0.25) is 5.75 Å². The van der Waals surface area contributed by atoms with Crippen LogP contribution < -0.4 is 4.74 Å². The van der Waals surface area contributed by atoms with Gasteiger partial charge in [0, 0.05) is 59.5 Å². The first-order chi connectivity index (χ1) is 20.6. The van der Waals surface area contributed by atoms with Crippen LogP contribution in [0.5, 0.6) is 11.5 Å². The topological polar surface area (TPSA) is 170 Å². The molecular weight excluding hydrogens is 570 g/mol. The molecule has 0 unspecified atom stereocenters. The monoisotopic (exact) mass is 603 g/mol. The third kappa shape index (κ3) is 5.71. The maximum atomic E-state index is 14.0. The Labute approximate surface area is 253 Å². The molecule has 2 aromatic carbocycles. The number of nitro groups is 2. The predicted molar refractivity (Wildman–Crippen MR) is 158 cm³/mol. The fourth-order valence-electron chi connectivity index (χ4n) is 6.61. The molecule has 1 aliphatic heterocycles. The van der Waals surface area contributed by atoms with Crippen molar-refractivity contribution in [3.8, 4) is 11.5 Å². The van der Waals surface area contributed by atoms with Crippen molar-refractivity contribution >= 4 is 28.9 Å². The Hall–Kier alpha value is -4.87. The van der Waals surface area contributed by atoms with Gasteiger partial charge in [0.15, 0.2) is 11.6 Å². The van der Waals surface area contributed by atoms with E-state index in [4.69, 9.17) is 4.74 Å². The highest BCUT2D eigenvalue weighted by molar-refractivity contribution is 6.07. The summed E-state index contributed by atoms with van der Waals surface area (Å²) in [6, 6.07) is 9.73. The number of carboxylic acids is 1. The molecule has 2 aromatic rings. The number of Topliss-reactive ketones (excluding diaryl/α,β-unsaturated/α-hetero) is 2. The normalized spacial score (nSPS) is 19.4. The van der Waals surface area contributed by atoms with Gasteiger partial charge in [0.05, 0.1) is 22.3 Å². The minimum Gasteiger partial charge on any atom is -0.481 e. The van der Waals surface area contributed by atoms with Crippen LogP contribution in [0.1, 0.15) is 71.3 Å². The molecule has 2 aliphatic carbocycles. The Balaban J connectivity index is 1.73. The number of aliphatic carboxylic acids is 1. The Morgan fingerprint density at radius 2 is 1.45 bits per heavy atom. The molecule has 0 saturated heterocycles. The molecule has 1 heterocycles. The molecule has 230 valence electrons. The van der Waals surface area contributed by atoms with Crippen molar-refractivity contribution < 1.29 is 34.1 Å². The number of para-hydroxylation sites is 1. The van der Waals surface area contributed by atoms with Gasteiger partial charge in [0.1, 0.15) is 5.75 Å². The molecule has 0 saturated carbocycles. The molecule has 0 fully saturated rings. The van der Waals surface area contributed by atoms with Crippen molar-refractivity contribution in [3.63, 3.8) is 0 Å². The lowest BCUT2D eigenvalue weighted by Gasteiger charge is -2.49. The number of rotatable bonds is 8.